The van der Waals surface area contributed by atoms with E-state index in [-0.39, 0.29) is 18.2 Å². The molecule has 0 amide bonds. The first kappa shape index (κ1) is 14.4. The van der Waals surface area contributed by atoms with E-state index >= 15 is 0 Å². The van der Waals surface area contributed by atoms with Gasteiger partial charge >= 0.3 is 0 Å². The topological polar surface area (TPSA) is 55.5 Å². The number of hydrogen-bond acceptors (Lipinski definition) is 3. The van der Waals surface area contributed by atoms with Crippen LogP contribution in [0.1, 0.15) is 16.7 Å². The standard InChI is InChI=1S/C15H14FNO2S/c16-13-6-10(5-12(7-13)15(17)20)9-19-14-4-2-1-3-11(14)8-18/h1-7,18H,8-9H2,(H2,17,20). The van der Waals surface area contributed by atoms with Crippen molar-refractivity contribution in [3.05, 3.63) is 65.0 Å². The van der Waals surface area contributed by atoms with Gasteiger partial charge in [0.15, 0.2) is 0 Å². The highest BCUT2D eigenvalue weighted by Crippen LogP contribution is 2.20. The monoisotopic (exact) mass is 291 g/mol. The van der Waals surface area contributed by atoms with Gasteiger partial charge in [0.1, 0.15) is 23.2 Å². The van der Waals surface area contributed by atoms with Gasteiger partial charge in [-0.2, -0.15) is 0 Å². The molecule has 0 aliphatic rings. The van der Waals surface area contributed by atoms with Crippen molar-refractivity contribution < 1.29 is 14.2 Å². The molecule has 2 aromatic carbocycles. The van der Waals surface area contributed by atoms with Crippen LogP contribution in [0.25, 0.3) is 0 Å². The zero-order valence-electron chi connectivity index (χ0n) is 10.7. The smallest absolute Gasteiger partial charge is 0.125 e. The summed E-state index contributed by atoms with van der Waals surface area (Å²) >= 11 is 4.84. The summed E-state index contributed by atoms with van der Waals surface area (Å²) in [5.41, 5.74) is 7.27. The van der Waals surface area contributed by atoms with E-state index in [1.165, 1.54) is 12.1 Å². The zero-order valence-corrected chi connectivity index (χ0v) is 11.5. The molecule has 0 aliphatic carbocycles. The summed E-state index contributed by atoms with van der Waals surface area (Å²) in [5.74, 6) is 0.153. The fourth-order valence-corrected chi connectivity index (χ4v) is 1.93. The lowest BCUT2D eigenvalue weighted by molar-refractivity contribution is 0.259. The summed E-state index contributed by atoms with van der Waals surface area (Å²) in [6.45, 7) is 0.0574. The van der Waals surface area contributed by atoms with Crippen LogP contribution in [-0.2, 0) is 13.2 Å². The molecule has 0 bridgehead atoms. The van der Waals surface area contributed by atoms with Crippen molar-refractivity contribution >= 4 is 17.2 Å². The highest BCUT2D eigenvalue weighted by molar-refractivity contribution is 7.80. The highest BCUT2D eigenvalue weighted by atomic mass is 32.1. The van der Waals surface area contributed by atoms with E-state index in [0.717, 1.165) is 0 Å². The lowest BCUT2D eigenvalue weighted by atomic mass is 10.1. The fourth-order valence-electron chi connectivity index (χ4n) is 1.81. The second-order valence-electron chi connectivity index (χ2n) is 4.27. The predicted octanol–water partition coefficient (Wildman–Crippen LogP) is 2.53. The number of hydrogen-bond donors (Lipinski definition) is 2. The van der Waals surface area contributed by atoms with Crippen LogP contribution in [0.5, 0.6) is 5.75 Å². The maximum Gasteiger partial charge on any atom is 0.125 e. The Bertz CT molecular complexity index is 631. The van der Waals surface area contributed by atoms with Gasteiger partial charge in [0.25, 0.3) is 0 Å². The first-order chi connectivity index (χ1) is 9.60. The molecule has 3 nitrogen and oxygen atoms in total. The third-order valence-electron chi connectivity index (χ3n) is 2.78. The van der Waals surface area contributed by atoms with E-state index in [1.807, 2.05) is 6.07 Å². The number of nitrogens with two attached hydrogens (primary N) is 1. The molecule has 0 unspecified atom stereocenters. The first-order valence-electron chi connectivity index (χ1n) is 6.01. The number of thiocarbonyl (C=S) groups is 1. The summed E-state index contributed by atoms with van der Waals surface area (Å²) in [6.07, 6.45) is 0. The summed E-state index contributed by atoms with van der Waals surface area (Å²) in [6, 6.07) is 11.5. The summed E-state index contributed by atoms with van der Waals surface area (Å²) < 4.78 is 19.0. The van der Waals surface area contributed by atoms with Crippen LogP contribution in [0.3, 0.4) is 0 Å². The van der Waals surface area contributed by atoms with Gasteiger partial charge in [0, 0.05) is 11.1 Å². The van der Waals surface area contributed by atoms with Crippen molar-refractivity contribution in [2.24, 2.45) is 5.73 Å². The maximum absolute atomic E-state index is 13.4. The van der Waals surface area contributed by atoms with Crippen LogP contribution >= 0.6 is 12.2 Å². The lowest BCUT2D eigenvalue weighted by Gasteiger charge is -2.11. The number of ether oxygens (including phenoxy) is 1. The van der Waals surface area contributed by atoms with E-state index in [2.05, 4.69) is 0 Å². The third kappa shape index (κ3) is 3.53. The quantitative estimate of drug-likeness (QED) is 0.831. The maximum atomic E-state index is 13.4. The summed E-state index contributed by atoms with van der Waals surface area (Å²) in [4.78, 5) is 0.140. The SMILES string of the molecule is NC(=S)c1cc(F)cc(COc2ccccc2CO)c1. The molecule has 5 heteroatoms. The summed E-state index contributed by atoms with van der Waals surface area (Å²) in [7, 11) is 0. The second kappa shape index (κ2) is 6.45. The molecule has 0 atom stereocenters. The van der Waals surface area contributed by atoms with Crippen LogP contribution in [-0.4, -0.2) is 10.1 Å². The van der Waals surface area contributed by atoms with Gasteiger partial charge in [-0.25, -0.2) is 4.39 Å². The molecule has 3 N–H and O–H groups in total. The van der Waals surface area contributed by atoms with Crippen LogP contribution in [0.4, 0.5) is 4.39 Å². The normalized spacial score (nSPS) is 10.3. The number of aliphatic hydroxyl groups is 1. The van der Waals surface area contributed by atoms with Gasteiger partial charge < -0.3 is 15.6 Å². The lowest BCUT2D eigenvalue weighted by Crippen LogP contribution is -2.10. The van der Waals surface area contributed by atoms with Crippen molar-refractivity contribution in [1.82, 2.24) is 0 Å². The Labute approximate surface area is 121 Å². The molecule has 0 saturated carbocycles. The molecule has 20 heavy (non-hydrogen) atoms. The van der Waals surface area contributed by atoms with Gasteiger partial charge in [-0.3, -0.25) is 0 Å². The zero-order chi connectivity index (χ0) is 14.5. The molecule has 0 aromatic heterocycles. The van der Waals surface area contributed by atoms with Gasteiger partial charge in [-0.15, -0.1) is 0 Å². The number of rotatable bonds is 5. The Morgan fingerprint density at radius 1 is 1.25 bits per heavy atom. The van der Waals surface area contributed by atoms with Crippen LogP contribution in [0.2, 0.25) is 0 Å². The number of benzene rings is 2. The minimum absolute atomic E-state index is 0.114. The van der Waals surface area contributed by atoms with Crippen molar-refractivity contribution in [1.29, 1.82) is 0 Å². The molecular weight excluding hydrogens is 277 g/mol. The molecule has 0 fully saturated rings. The Kier molecular flexibility index (Phi) is 4.65. The van der Waals surface area contributed by atoms with Crippen LogP contribution in [0, 0.1) is 5.82 Å². The molecule has 0 aliphatic heterocycles. The number of para-hydroxylation sites is 1. The van der Waals surface area contributed by atoms with Crippen molar-refractivity contribution in [3.8, 4) is 5.75 Å². The van der Waals surface area contributed by atoms with E-state index in [9.17, 15) is 9.50 Å². The average Bonchev–Trinajstić information content (AvgIpc) is 2.44. The largest absolute Gasteiger partial charge is 0.489 e. The van der Waals surface area contributed by atoms with Gasteiger partial charge in [-0.05, 0) is 29.8 Å². The molecule has 0 spiro atoms. The molecule has 2 rings (SSSR count). The molecular formula is C15H14FNO2S. The van der Waals surface area contributed by atoms with Crippen LogP contribution in [0.15, 0.2) is 42.5 Å². The fraction of sp³-hybridized carbons (Fsp3) is 0.133. The van der Waals surface area contributed by atoms with E-state index in [0.29, 0.717) is 22.4 Å². The molecule has 0 radical (unpaired) electrons. The van der Waals surface area contributed by atoms with Crippen LogP contribution < -0.4 is 10.5 Å². The van der Waals surface area contributed by atoms with Crippen molar-refractivity contribution in [2.75, 3.05) is 0 Å². The molecule has 2 aromatic rings. The Morgan fingerprint density at radius 2 is 2.00 bits per heavy atom. The van der Waals surface area contributed by atoms with Gasteiger partial charge in [0.2, 0.25) is 0 Å². The Morgan fingerprint density at radius 3 is 2.70 bits per heavy atom. The second-order valence-corrected chi connectivity index (χ2v) is 4.71. The molecule has 0 heterocycles. The van der Waals surface area contributed by atoms with E-state index in [1.54, 1.807) is 24.3 Å². The first-order valence-corrected chi connectivity index (χ1v) is 6.42. The summed E-state index contributed by atoms with van der Waals surface area (Å²) in [5, 5.41) is 9.20. The van der Waals surface area contributed by atoms with Crippen molar-refractivity contribution in [2.45, 2.75) is 13.2 Å². The van der Waals surface area contributed by atoms with E-state index in [4.69, 9.17) is 22.7 Å². The number of aliphatic hydroxyl groups excluding tert-OH is 1. The molecule has 104 valence electrons. The average molecular weight is 291 g/mol. The van der Waals surface area contributed by atoms with E-state index < -0.39 is 5.82 Å². The number of halogens is 1. The minimum atomic E-state index is -0.413. The molecule has 0 saturated heterocycles. The minimum Gasteiger partial charge on any atom is -0.489 e. The highest BCUT2D eigenvalue weighted by Gasteiger charge is 2.06. The third-order valence-corrected chi connectivity index (χ3v) is 3.02. The Balaban J connectivity index is 2.16. The van der Waals surface area contributed by atoms with Gasteiger partial charge in [0.05, 0.1) is 6.61 Å². The predicted molar refractivity (Wildman–Crippen MR) is 79.0 cm³/mol. The van der Waals surface area contributed by atoms with Crippen molar-refractivity contribution in [3.63, 3.8) is 0 Å². The Hall–Kier alpha value is -1.98. The van der Waals surface area contributed by atoms with Gasteiger partial charge in [-0.1, -0.05) is 30.4 Å².